The van der Waals surface area contributed by atoms with E-state index in [1.54, 1.807) is 0 Å². The zero-order valence-corrected chi connectivity index (χ0v) is 13.1. The van der Waals surface area contributed by atoms with Gasteiger partial charge in [0.1, 0.15) is 0 Å². The summed E-state index contributed by atoms with van der Waals surface area (Å²) in [5.74, 6) is -0.398. The first-order valence-electron chi connectivity index (χ1n) is 6.39. The molecule has 0 aliphatic rings. The van der Waals surface area contributed by atoms with Crippen LogP contribution in [0.15, 0.2) is 11.4 Å². The number of carbonyl (C=O) groups is 1. The van der Waals surface area contributed by atoms with Gasteiger partial charge in [-0.05, 0) is 26.9 Å². The highest BCUT2D eigenvalue weighted by Crippen LogP contribution is 2.27. The van der Waals surface area contributed by atoms with Crippen molar-refractivity contribution >= 4 is 17.7 Å². The van der Waals surface area contributed by atoms with E-state index in [1.807, 2.05) is 20.3 Å². The summed E-state index contributed by atoms with van der Waals surface area (Å²) in [4.78, 5) is 17.2. The monoisotopic (exact) mass is 285 g/mol. The fourth-order valence-corrected chi connectivity index (χ4v) is 2.87. The van der Waals surface area contributed by atoms with Crippen LogP contribution in [-0.4, -0.2) is 51.9 Å². The summed E-state index contributed by atoms with van der Waals surface area (Å²) in [6.07, 6.45) is 1.86. The molecule has 5 nitrogen and oxygen atoms in total. The Morgan fingerprint density at radius 3 is 2.58 bits per heavy atom. The van der Waals surface area contributed by atoms with Gasteiger partial charge in [0.15, 0.2) is 5.16 Å². The Morgan fingerprint density at radius 2 is 2.11 bits per heavy atom. The Balaban J connectivity index is 3.00. The van der Waals surface area contributed by atoms with E-state index in [0.29, 0.717) is 5.92 Å². The molecule has 0 aliphatic heterocycles. The van der Waals surface area contributed by atoms with Crippen LogP contribution in [0.25, 0.3) is 0 Å². The van der Waals surface area contributed by atoms with Crippen LogP contribution in [0.5, 0.6) is 0 Å². The molecule has 0 aliphatic carbocycles. The van der Waals surface area contributed by atoms with Gasteiger partial charge in [0.05, 0.1) is 5.75 Å². The fraction of sp³-hybridized carbons (Fsp3) is 0.692. The van der Waals surface area contributed by atoms with Crippen molar-refractivity contribution in [3.05, 3.63) is 11.9 Å². The van der Waals surface area contributed by atoms with Crippen molar-refractivity contribution in [3.63, 3.8) is 0 Å². The molecule has 0 radical (unpaired) electrons. The Hall–Kier alpha value is -1.01. The molecule has 19 heavy (non-hydrogen) atoms. The Bertz CT molecular complexity index is 430. The molecule has 0 saturated carbocycles. The first-order valence-corrected chi connectivity index (χ1v) is 7.38. The van der Waals surface area contributed by atoms with Crippen LogP contribution in [0.1, 0.15) is 38.4 Å². The number of carboxylic acid groups (broad SMARTS) is 1. The average Bonchev–Trinajstić information content (AvgIpc) is 2.68. The van der Waals surface area contributed by atoms with Crippen LogP contribution in [0.3, 0.4) is 0 Å². The van der Waals surface area contributed by atoms with Crippen LogP contribution >= 0.6 is 11.8 Å². The van der Waals surface area contributed by atoms with Crippen molar-refractivity contribution in [2.24, 2.45) is 0 Å². The molecule has 1 aromatic heterocycles. The number of nitrogens with zero attached hydrogens (tertiary/aromatic N) is 3. The summed E-state index contributed by atoms with van der Waals surface area (Å²) in [5, 5.41) is 9.59. The smallest absolute Gasteiger partial charge is 0.313 e. The van der Waals surface area contributed by atoms with E-state index in [1.165, 1.54) is 11.8 Å². The van der Waals surface area contributed by atoms with Crippen molar-refractivity contribution in [1.29, 1.82) is 0 Å². The molecular weight excluding hydrogens is 262 g/mol. The molecule has 6 heteroatoms. The van der Waals surface area contributed by atoms with Crippen molar-refractivity contribution in [1.82, 2.24) is 14.5 Å². The van der Waals surface area contributed by atoms with E-state index in [9.17, 15) is 4.79 Å². The molecule has 0 spiro atoms. The minimum Gasteiger partial charge on any atom is -0.481 e. The summed E-state index contributed by atoms with van der Waals surface area (Å²) < 4.78 is 2.16. The molecule has 1 heterocycles. The molecule has 0 fully saturated rings. The van der Waals surface area contributed by atoms with Crippen LogP contribution in [0, 0.1) is 0 Å². The number of carboxylic acids is 1. The maximum absolute atomic E-state index is 10.7. The molecule has 108 valence electrons. The predicted octanol–water partition coefficient (Wildman–Crippen LogP) is 2.31. The lowest BCUT2D eigenvalue weighted by molar-refractivity contribution is -0.133. The second-order valence-corrected chi connectivity index (χ2v) is 6.23. The van der Waals surface area contributed by atoms with E-state index >= 15 is 0 Å². The summed E-state index contributed by atoms with van der Waals surface area (Å²) >= 11 is 1.28. The van der Waals surface area contributed by atoms with E-state index < -0.39 is 5.97 Å². The van der Waals surface area contributed by atoms with Crippen molar-refractivity contribution in [2.45, 2.75) is 37.9 Å². The Kier molecular flexibility index (Phi) is 5.87. The van der Waals surface area contributed by atoms with Gasteiger partial charge in [-0.3, -0.25) is 4.79 Å². The normalized spacial score (nSPS) is 13.2. The van der Waals surface area contributed by atoms with E-state index in [4.69, 9.17) is 5.11 Å². The molecule has 1 N–H and O–H groups in total. The molecule has 0 amide bonds. The lowest BCUT2D eigenvalue weighted by atomic mass is 10.1. The molecule has 1 atom stereocenters. The first kappa shape index (κ1) is 16.0. The summed E-state index contributed by atoms with van der Waals surface area (Å²) in [6, 6.07) is 0.270. The highest BCUT2D eigenvalue weighted by atomic mass is 32.2. The quantitative estimate of drug-likeness (QED) is 0.779. The lowest BCUT2D eigenvalue weighted by Crippen LogP contribution is -2.24. The average molecular weight is 285 g/mol. The number of thioether (sulfide) groups is 1. The van der Waals surface area contributed by atoms with Crippen molar-refractivity contribution in [2.75, 3.05) is 26.4 Å². The topological polar surface area (TPSA) is 58.4 Å². The third-order valence-electron chi connectivity index (χ3n) is 2.78. The van der Waals surface area contributed by atoms with Crippen molar-refractivity contribution < 1.29 is 9.90 Å². The van der Waals surface area contributed by atoms with E-state index in [0.717, 1.165) is 17.4 Å². The maximum atomic E-state index is 10.7. The van der Waals surface area contributed by atoms with Gasteiger partial charge >= 0.3 is 5.97 Å². The number of hydrogen-bond acceptors (Lipinski definition) is 4. The number of imidazole rings is 1. The minimum atomic E-state index is -0.814. The van der Waals surface area contributed by atoms with E-state index in [2.05, 4.69) is 35.2 Å². The van der Waals surface area contributed by atoms with Crippen LogP contribution in [0.4, 0.5) is 0 Å². The first-order chi connectivity index (χ1) is 8.82. The summed E-state index contributed by atoms with van der Waals surface area (Å²) in [6.45, 7) is 7.29. The Morgan fingerprint density at radius 1 is 1.47 bits per heavy atom. The fourth-order valence-electron chi connectivity index (χ4n) is 2.07. The molecule has 1 aromatic rings. The number of aromatic nitrogens is 2. The second kappa shape index (κ2) is 6.96. The van der Waals surface area contributed by atoms with Gasteiger partial charge in [0.25, 0.3) is 0 Å². The van der Waals surface area contributed by atoms with Gasteiger partial charge in [0, 0.05) is 24.5 Å². The van der Waals surface area contributed by atoms with Gasteiger partial charge < -0.3 is 14.6 Å². The highest BCUT2D eigenvalue weighted by Gasteiger charge is 2.19. The van der Waals surface area contributed by atoms with Crippen LogP contribution in [-0.2, 0) is 4.79 Å². The summed E-state index contributed by atoms with van der Waals surface area (Å²) in [5.41, 5.74) is 1.15. The molecule has 1 unspecified atom stereocenters. The van der Waals surface area contributed by atoms with Crippen molar-refractivity contribution in [3.8, 4) is 0 Å². The second-order valence-electron chi connectivity index (χ2n) is 5.28. The zero-order chi connectivity index (χ0) is 14.6. The zero-order valence-electron chi connectivity index (χ0n) is 12.3. The molecular formula is C13H23N3O2S. The third-order valence-corrected chi connectivity index (χ3v) is 3.73. The minimum absolute atomic E-state index is 0.0449. The number of rotatable bonds is 7. The van der Waals surface area contributed by atoms with Gasteiger partial charge in [-0.15, -0.1) is 0 Å². The SMILES string of the molecule is CC(C)c1cnc(SCC(=O)O)n1C(C)CN(C)C. The predicted molar refractivity (Wildman–Crippen MR) is 77.9 cm³/mol. The van der Waals surface area contributed by atoms with Gasteiger partial charge in [-0.1, -0.05) is 25.6 Å². The van der Waals surface area contributed by atoms with E-state index in [-0.39, 0.29) is 11.8 Å². The molecule has 0 bridgehead atoms. The maximum Gasteiger partial charge on any atom is 0.313 e. The standard InChI is InChI=1S/C13H23N3O2S/c1-9(2)11-6-14-13(19-8-12(17)18)16(11)10(3)7-15(4)5/h6,9-10H,7-8H2,1-5H3,(H,17,18). The van der Waals surface area contributed by atoms with Gasteiger partial charge in [0.2, 0.25) is 0 Å². The Labute approximate surface area is 119 Å². The van der Waals surface area contributed by atoms with Gasteiger partial charge in [-0.25, -0.2) is 4.98 Å². The molecule has 0 aromatic carbocycles. The van der Waals surface area contributed by atoms with Crippen LogP contribution in [0.2, 0.25) is 0 Å². The molecule has 1 rings (SSSR count). The van der Waals surface area contributed by atoms with Crippen LogP contribution < -0.4 is 0 Å². The largest absolute Gasteiger partial charge is 0.481 e. The summed E-state index contributed by atoms with van der Waals surface area (Å²) in [7, 11) is 4.07. The molecule has 0 saturated heterocycles. The number of hydrogen-bond donors (Lipinski definition) is 1. The van der Waals surface area contributed by atoms with Gasteiger partial charge in [-0.2, -0.15) is 0 Å². The highest BCUT2D eigenvalue weighted by molar-refractivity contribution is 7.99. The number of likely N-dealkylation sites (N-methyl/N-ethyl adjacent to an activating group) is 1. The third kappa shape index (κ3) is 4.54. The lowest BCUT2D eigenvalue weighted by Gasteiger charge is -2.23. The number of aliphatic carboxylic acids is 1.